The van der Waals surface area contributed by atoms with Gasteiger partial charge in [-0.2, -0.15) is 0 Å². The first-order valence-electron chi connectivity index (χ1n) is 12.2. The molecule has 0 heterocycles. The first-order chi connectivity index (χ1) is 15.3. The fourth-order valence-electron chi connectivity index (χ4n) is 6.87. The summed E-state index contributed by atoms with van der Waals surface area (Å²) in [4.78, 5) is 25.5. The van der Waals surface area contributed by atoms with Crippen LogP contribution >= 0.6 is 0 Å². The van der Waals surface area contributed by atoms with Crippen molar-refractivity contribution >= 4 is 21.7 Å². The summed E-state index contributed by atoms with van der Waals surface area (Å²) in [7, 11) is -3.72. The third-order valence-electron chi connectivity index (χ3n) is 8.91. The van der Waals surface area contributed by atoms with Gasteiger partial charge in [-0.05, 0) is 100 Å². The Morgan fingerprint density at radius 2 is 1.44 bits per heavy atom. The molecular weight excluding hydrogens is 424 g/mol. The van der Waals surface area contributed by atoms with Crippen LogP contribution in [-0.2, 0) is 26.0 Å². The van der Waals surface area contributed by atoms with Gasteiger partial charge in [0.15, 0.2) is 5.78 Å². The number of carbonyl (C=O) groups is 2. The lowest BCUT2D eigenvalue weighted by Crippen LogP contribution is -2.39. The Morgan fingerprint density at radius 1 is 0.875 bits per heavy atom. The molecule has 0 radical (unpaired) electrons. The van der Waals surface area contributed by atoms with Gasteiger partial charge in [-0.3, -0.25) is 9.59 Å². The highest BCUT2D eigenvalue weighted by Gasteiger charge is 2.50. The van der Waals surface area contributed by atoms with Gasteiger partial charge in [-0.1, -0.05) is 12.1 Å². The summed E-state index contributed by atoms with van der Waals surface area (Å²) in [6, 6.07) is 6.75. The summed E-state index contributed by atoms with van der Waals surface area (Å²) in [5.41, 5.74) is 0.581. The molecule has 0 saturated heterocycles. The largest absolute Gasteiger partial charge is 0.355 e. The number of amides is 1. The molecule has 32 heavy (non-hydrogen) atoms. The van der Waals surface area contributed by atoms with Crippen LogP contribution in [0, 0.1) is 22.7 Å². The van der Waals surface area contributed by atoms with Gasteiger partial charge < -0.3 is 5.32 Å². The Hall–Kier alpha value is -1.73. The zero-order valence-electron chi connectivity index (χ0n) is 18.7. The Bertz CT molecular complexity index is 985. The molecule has 1 aromatic carbocycles. The molecule has 4 aliphatic rings. The topological polar surface area (TPSA) is 92.3 Å². The number of benzene rings is 1. The van der Waals surface area contributed by atoms with Crippen molar-refractivity contribution in [3.63, 3.8) is 0 Å². The number of fused-ring (bicyclic) bond motifs is 4. The predicted octanol–water partition coefficient (Wildman–Crippen LogP) is 3.35. The van der Waals surface area contributed by atoms with Crippen LogP contribution in [0.2, 0.25) is 0 Å². The highest BCUT2D eigenvalue weighted by atomic mass is 32.2. The second-order valence-corrected chi connectivity index (χ2v) is 12.5. The van der Waals surface area contributed by atoms with E-state index in [0.29, 0.717) is 18.9 Å². The lowest BCUT2D eigenvalue weighted by atomic mass is 9.80. The Balaban J connectivity index is 1.11. The van der Waals surface area contributed by atoms with Gasteiger partial charge >= 0.3 is 0 Å². The Labute approximate surface area is 191 Å². The van der Waals surface area contributed by atoms with E-state index >= 15 is 0 Å². The lowest BCUT2D eigenvalue weighted by Gasteiger charge is -2.25. The van der Waals surface area contributed by atoms with Gasteiger partial charge in [0.2, 0.25) is 15.9 Å². The molecule has 1 aromatic rings. The van der Waals surface area contributed by atoms with Gasteiger partial charge in [-0.25, -0.2) is 13.1 Å². The van der Waals surface area contributed by atoms with Gasteiger partial charge in [0, 0.05) is 17.4 Å². The Morgan fingerprint density at radius 3 is 1.97 bits per heavy atom. The van der Waals surface area contributed by atoms with E-state index in [1.807, 2.05) is 0 Å². The molecule has 0 atom stereocenters. The number of ketones is 1. The summed E-state index contributed by atoms with van der Waals surface area (Å²) >= 11 is 0. The van der Waals surface area contributed by atoms with Gasteiger partial charge in [0.05, 0.1) is 11.4 Å². The zero-order valence-corrected chi connectivity index (χ0v) is 19.5. The average molecular weight is 459 g/mol. The van der Waals surface area contributed by atoms with E-state index in [1.54, 1.807) is 24.3 Å². The van der Waals surface area contributed by atoms with E-state index in [1.165, 1.54) is 12.8 Å². The fraction of sp³-hybridized carbons (Fsp3) is 0.680. The van der Waals surface area contributed by atoms with Gasteiger partial charge in [0.1, 0.15) is 0 Å². The standard InChI is InChI=1S/C25H34N2O4S/c28-22(24-10-5-19(15-24)6-11-24)17-27-32(30,31)21-3-1-18(2-4-21)9-14-26-23(29)25-12-7-20(16-25)8-13-25/h1-4,19-20,27H,5-17H2,(H,26,29). The molecule has 4 saturated carbocycles. The molecule has 0 spiro atoms. The molecule has 5 rings (SSSR count). The van der Waals surface area contributed by atoms with Gasteiger partial charge in [0.25, 0.3) is 0 Å². The summed E-state index contributed by atoms with van der Waals surface area (Å²) in [5.74, 6) is 1.64. The summed E-state index contributed by atoms with van der Waals surface area (Å²) < 4.78 is 27.9. The molecule has 4 aliphatic carbocycles. The number of hydrogen-bond acceptors (Lipinski definition) is 4. The fourth-order valence-corrected chi connectivity index (χ4v) is 7.85. The van der Waals surface area contributed by atoms with E-state index in [9.17, 15) is 18.0 Å². The number of rotatable bonds is 9. The van der Waals surface area contributed by atoms with Crippen LogP contribution in [0.4, 0.5) is 0 Å². The van der Waals surface area contributed by atoms with Crippen LogP contribution in [0.25, 0.3) is 0 Å². The summed E-state index contributed by atoms with van der Waals surface area (Å²) in [6.07, 6.45) is 11.1. The van der Waals surface area contributed by atoms with E-state index < -0.39 is 10.0 Å². The molecule has 174 valence electrons. The van der Waals surface area contributed by atoms with Crippen LogP contribution in [0.3, 0.4) is 0 Å². The molecular formula is C25H34N2O4S. The monoisotopic (exact) mass is 458 g/mol. The number of sulfonamides is 1. The summed E-state index contributed by atoms with van der Waals surface area (Å²) in [5, 5.41) is 3.10. The molecule has 2 N–H and O–H groups in total. The quantitative estimate of drug-likeness (QED) is 0.594. The second-order valence-electron chi connectivity index (χ2n) is 10.8. The number of nitrogens with one attached hydrogen (secondary N) is 2. The lowest BCUT2D eigenvalue weighted by molar-refractivity contribution is -0.130. The Kier molecular flexibility index (Phi) is 5.69. The number of hydrogen-bond donors (Lipinski definition) is 2. The third kappa shape index (κ3) is 4.03. The van der Waals surface area contributed by atoms with E-state index in [-0.39, 0.29) is 34.0 Å². The normalized spacial score (nSPS) is 33.0. The van der Waals surface area contributed by atoms with E-state index in [4.69, 9.17) is 0 Å². The molecule has 7 heteroatoms. The number of carbonyl (C=O) groups excluding carboxylic acids is 2. The molecule has 1 amide bonds. The van der Waals surface area contributed by atoms with Crippen molar-refractivity contribution in [2.75, 3.05) is 13.1 Å². The highest BCUT2D eigenvalue weighted by molar-refractivity contribution is 7.89. The van der Waals surface area contributed by atoms with Crippen molar-refractivity contribution in [2.24, 2.45) is 22.7 Å². The molecule has 0 aliphatic heterocycles. The second kappa shape index (κ2) is 8.24. The summed E-state index contributed by atoms with van der Waals surface area (Å²) in [6.45, 7) is 0.443. The SMILES string of the molecule is O=C(CNS(=O)(=O)c1ccc(CCNC(=O)C23CCC(CC2)C3)cc1)C12CCC(CC1)C2. The van der Waals surface area contributed by atoms with Crippen molar-refractivity contribution in [3.05, 3.63) is 29.8 Å². The first kappa shape index (κ1) is 22.1. The van der Waals surface area contributed by atoms with E-state index in [2.05, 4.69) is 10.0 Å². The van der Waals surface area contributed by atoms with Crippen LogP contribution in [0.15, 0.2) is 29.2 Å². The highest BCUT2D eigenvalue weighted by Crippen LogP contribution is 2.55. The third-order valence-corrected chi connectivity index (χ3v) is 10.3. The maximum absolute atomic E-state index is 12.7. The minimum absolute atomic E-state index is 0.0451. The van der Waals surface area contributed by atoms with Crippen LogP contribution in [-0.4, -0.2) is 33.2 Å². The molecule has 4 bridgehead atoms. The molecule has 0 unspecified atom stereocenters. The zero-order chi connectivity index (χ0) is 22.4. The van der Waals surface area contributed by atoms with Crippen molar-refractivity contribution in [1.82, 2.24) is 10.0 Å². The van der Waals surface area contributed by atoms with Crippen molar-refractivity contribution in [2.45, 2.75) is 75.5 Å². The minimum Gasteiger partial charge on any atom is -0.355 e. The molecule has 4 fully saturated rings. The van der Waals surface area contributed by atoms with Crippen LogP contribution < -0.4 is 10.0 Å². The van der Waals surface area contributed by atoms with E-state index in [0.717, 1.165) is 62.8 Å². The number of Topliss-reactive ketones (excluding diaryl/α,β-unsaturated/α-hetero) is 1. The van der Waals surface area contributed by atoms with Crippen molar-refractivity contribution in [3.8, 4) is 0 Å². The van der Waals surface area contributed by atoms with Crippen LogP contribution in [0.1, 0.15) is 69.8 Å². The predicted molar refractivity (Wildman–Crippen MR) is 121 cm³/mol. The maximum Gasteiger partial charge on any atom is 0.240 e. The smallest absolute Gasteiger partial charge is 0.240 e. The van der Waals surface area contributed by atoms with Crippen molar-refractivity contribution < 1.29 is 18.0 Å². The van der Waals surface area contributed by atoms with Crippen LogP contribution in [0.5, 0.6) is 0 Å². The molecule has 6 nitrogen and oxygen atoms in total. The van der Waals surface area contributed by atoms with Gasteiger partial charge in [-0.15, -0.1) is 0 Å². The maximum atomic E-state index is 12.7. The first-order valence-corrected chi connectivity index (χ1v) is 13.7. The van der Waals surface area contributed by atoms with Crippen molar-refractivity contribution in [1.29, 1.82) is 0 Å². The molecule has 0 aromatic heterocycles. The average Bonchev–Trinajstić information content (AvgIpc) is 3.59. The minimum atomic E-state index is -3.72.